The van der Waals surface area contributed by atoms with Gasteiger partial charge >= 0.3 is 0 Å². The number of nitrogens with one attached hydrogen (secondary N) is 2. The predicted octanol–water partition coefficient (Wildman–Crippen LogP) is 3.82. The number of hydrogen-bond donors (Lipinski definition) is 2. The fourth-order valence-electron chi connectivity index (χ4n) is 2.92. The average molecular weight is 387 g/mol. The van der Waals surface area contributed by atoms with Crippen molar-refractivity contribution in [3.05, 3.63) is 59.1 Å². The molecule has 0 aliphatic heterocycles. The minimum Gasteiger partial charge on any atom is -0.494 e. The molecule has 1 aliphatic rings. The van der Waals surface area contributed by atoms with Crippen molar-refractivity contribution in [1.29, 1.82) is 0 Å². The summed E-state index contributed by atoms with van der Waals surface area (Å²) in [6, 6.07) is 14.7. The van der Waals surface area contributed by atoms with E-state index in [-0.39, 0.29) is 11.8 Å². The van der Waals surface area contributed by atoms with Gasteiger partial charge in [-0.3, -0.25) is 9.59 Å². The van der Waals surface area contributed by atoms with Crippen LogP contribution in [0.4, 0.5) is 5.69 Å². The molecule has 0 aromatic heterocycles. The van der Waals surface area contributed by atoms with Crippen molar-refractivity contribution >= 4 is 29.1 Å². The highest BCUT2D eigenvalue weighted by Gasteiger charge is 2.56. The van der Waals surface area contributed by atoms with Gasteiger partial charge in [0.05, 0.1) is 6.61 Å². The Kier molecular flexibility index (Phi) is 6.01. The average Bonchev–Trinajstić information content (AvgIpc) is 3.46. The van der Waals surface area contributed by atoms with Crippen LogP contribution in [-0.2, 0) is 16.0 Å². The molecule has 2 aromatic rings. The molecule has 27 heavy (non-hydrogen) atoms. The largest absolute Gasteiger partial charge is 0.494 e. The number of halogens is 1. The van der Waals surface area contributed by atoms with Gasteiger partial charge in [-0.05, 0) is 68.1 Å². The van der Waals surface area contributed by atoms with E-state index in [0.29, 0.717) is 43.1 Å². The van der Waals surface area contributed by atoms with Gasteiger partial charge in [-0.15, -0.1) is 0 Å². The normalized spacial score (nSPS) is 14.3. The lowest BCUT2D eigenvalue weighted by molar-refractivity contribution is -0.134. The van der Waals surface area contributed by atoms with Gasteiger partial charge in [0.15, 0.2) is 0 Å². The van der Waals surface area contributed by atoms with Crippen molar-refractivity contribution in [2.45, 2.75) is 26.2 Å². The molecule has 2 amide bonds. The Labute approximate surface area is 164 Å². The van der Waals surface area contributed by atoms with E-state index < -0.39 is 5.41 Å². The summed E-state index contributed by atoms with van der Waals surface area (Å²) in [5.74, 6) is 0.273. The minimum atomic E-state index is -0.951. The molecule has 2 N–H and O–H groups in total. The van der Waals surface area contributed by atoms with Crippen molar-refractivity contribution in [2.75, 3.05) is 18.5 Å². The third-order valence-corrected chi connectivity index (χ3v) is 4.87. The van der Waals surface area contributed by atoms with E-state index in [2.05, 4.69) is 10.6 Å². The second kappa shape index (κ2) is 8.44. The molecule has 3 rings (SSSR count). The van der Waals surface area contributed by atoms with Crippen LogP contribution in [-0.4, -0.2) is 25.0 Å². The Morgan fingerprint density at radius 1 is 1.11 bits per heavy atom. The van der Waals surface area contributed by atoms with E-state index in [0.717, 1.165) is 11.3 Å². The summed E-state index contributed by atoms with van der Waals surface area (Å²) in [6.45, 7) is 2.97. The zero-order chi connectivity index (χ0) is 19.3. The zero-order valence-corrected chi connectivity index (χ0v) is 16.0. The topological polar surface area (TPSA) is 67.4 Å². The maximum Gasteiger partial charge on any atom is 0.240 e. The lowest BCUT2D eigenvalue weighted by Gasteiger charge is -2.16. The Balaban J connectivity index is 1.52. The lowest BCUT2D eigenvalue weighted by Crippen LogP contribution is -2.40. The van der Waals surface area contributed by atoms with Gasteiger partial charge in [-0.1, -0.05) is 23.7 Å². The number of carbonyl (C=O) groups is 2. The van der Waals surface area contributed by atoms with Crippen LogP contribution in [0.3, 0.4) is 0 Å². The molecule has 0 bridgehead atoms. The summed E-state index contributed by atoms with van der Waals surface area (Å²) in [5.41, 5.74) is 0.750. The highest BCUT2D eigenvalue weighted by atomic mass is 35.5. The van der Waals surface area contributed by atoms with Crippen molar-refractivity contribution in [2.24, 2.45) is 5.41 Å². The van der Waals surface area contributed by atoms with Crippen molar-refractivity contribution in [3.63, 3.8) is 0 Å². The van der Waals surface area contributed by atoms with Gasteiger partial charge in [0.2, 0.25) is 11.8 Å². The molecule has 0 heterocycles. The number of rotatable bonds is 8. The quantitative estimate of drug-likeness (QED) is 0.678. The van der Waals surface area contributed by atoms with Crippen LogP contribution < -0.4 is 15.4 Å². The van der Waals surface area contributed by atoms with Gasteiger partial charge in [-0.25, -0.2) is 0 Å². The maximum atomic E-state index is 12.6. The number of benzene rings is 2. The van der Waals surface area contributed by atoms with Gasteiger partial charge in [-0.2, -0.15) is 0 Å². The summed E-state index contributed by atoms with van der Waals surface area (Å²) in [5, 5.41) is 6.39. The van der Waals surface area contributed by atoms with Crippen LogP contribution in [0.1, 0.15) is 25.3 Å². The molecular formula is C21H23ClN2O3. The van der Waals surface area contributed by atoms with Crippen LogP contribution in [0.5, 0.6) is 5.75 Å². The maximum absolute atomic E-state index is 12.6. The smallest absolute Gasteiger partial charge is 0.240 e. The van der Waals surface area contributed by atoms with Gasteiger partial charge in [0.25, 0.3) is 0 Å². The molecular weight excluding hydrogens is 364 g/mol. The zero-order valence-electron chi connectivity index (χ0n) is 15.3. The van der Waals surface area contributed by atoms with Gasteiger partial charge in [0.1, 0.15) is 11.2 Å². The van der Waals surface area contributed by atoms with E-state index in [4.69, 9.17) is 16.3 Å². The molecule has 0 radical (unpaired) electrons. The van der Waals surface area contributed by atoms with Crippen molar-refractivity contribution in [3.8, 4) is 5.75 Å². The highest BCUT2D eigenvalue weighted by molar-refractivity contribution is 6.30. The van der Waals surface area contributed by atoms with Crippen LogP contribution in [0.25, 0.3) is 0 Å². The SMILES string of the molecule is CCOc1ccc(NC(=O)C2(C(=O)NCCc3cccc(Cl)c3)CC2)cc1. The molecule has 0 atom stereocenters. The number of carbonyl (C=O) groups excluding carboxylic acids is 2. The summed E-state index contributed by atoms with van der Waals surface area (Å²) in [6.07, 6.45) is 1.81. The first kappa shape index (κ1) is 19.2. The molecule has 6 heteroatoms. The molecule has 1 saturated carbocycles. The van der Waals surface area contributed by atoms with Crippen LogP contribution >= 0.6 is 11.6 Å². The predicted molar refractivity (Wildman–Crippen MR) is 106 cm³/mol. The summed E-state index contributed by atoms with van der Waals surface area (Å²) in [4.78, 5) is 25.1. The molecule has 142 valence electrons. The van der Waals surface area contributed by atoms with Gasteiger partial charge in [0, 0.05) is 17.3 Å². The number of amides is 2. The first-order valence-corrected chi connectivity index (χ1v) is 9.48. The van der Waals surface area contributed by atoms with E-state index in [1.165, 1.54) is 0 Å². The highest BCUT2D eigenvalue weighted by Crippen LogP contribution is 2.46. The lowest BCUT2D eigenvalue weighted by atomic mass is 10.0. The third kappa shape index (κ3) is 4.80. The molecule has 5 nitrogen and oxygen atoms in total. The fraction of sp³-hybridized carbons (Fsp3) is 0.333. The second-order valence-electron chi connectivity index (χ2n) is 6.63. The van der Waals surface area contributed by atoms with Crippen LogP contribution in [0, 0.1) is 5.41 Å². The third-order valence-electron chi connectivity index (χ3n) is 4.63. The minimum absolute atomic E-state index is 0.215. The second-order valence-corrected chi connectivity index (χ2v) is 7.07. The first-order chi connectivity index (χ1) is 13.0. The standard InChI is InChI=1S/C21H23ClN2O3/c1-2-27-18-8-6-17(7-9-18)24-20(26)21(11-12-21)19(25)23-13-10-15-4-3-5-16(22)14-15/h3-9,14H,2,10-13H2,1H3,(H,23,25)(H,24,26). The molecule has 0 spiro atoms. The number of anilines is 1. The summed E-state index contributed by atoms with van der Waals surface area (Å²) in [7, 11) is 0. The van der Waals surface area contributed by atoms with E-state index in [1.54, 1.807) is 24.3 Å². The van der Waals surface area contributed by atoms with Crippen molar-refractivity contribution in [1.82, 2.24) is 5.32 Å². The van der Waals surface area contributed by atoms with Gasteiger partial charge < -0.3 is 15.4 Å². The monoisotopic (exact) mass is 386 g/mol. The van der Waals surface area contributed by atoms with Crippen molar-refractivity contribution < 1.29 is 14.3 Å². The van der Waals surface area contributed by atoms with E-state index >= 15 is 0 Å². The van der Waals surface area contributed by atoms with Crippen LogP contribution in [0.15, 0.2) is 48.5 Å². The van der Waals surface area contributed by atoms with E-state index in [1.807, 2.05) is 31.2 Å². The number of ether oxygens (including phenoxy) is 1. The first-order valence-electron chi connectivity index (χ1n) is 9.10. The Morgan fingerprint density at radius 3 is 2.48 bits per heavy atom. The molecule has 0 saturated heterocycles. The number of hydrogen-bond acceptors (Lipinski definition) is 3. The van der Waals surface area contributed by atoms with Crippen LogP contribution in [0.2, 0.25) is 5.02 Å². The fourth-order valence-corrected chi connectivity index (χ4v) is 3.13. The Hall–Kier alpha value is -2.53. The van der Waals surface area contributed by atoms with E-state index in [9.17, 15) is 9.59 Å². The molecule has 0 unspecified atom stereocenters. The summed E-state index contributed by atoms with van der Waals surface area (Å²) >= 11 is 5.97. The molecule has 1 fully saturated rings. The molecule has 1 aliphatic carbocycles. The summed E-state index contributed by atoms with van der Waals surface area (Å²) < 4.78 is 5.39. The molecule has 2 aromatic carbocycles. The Morgan fingerprint density at radius 2 is 1.85 bits per heavy atom. The Bertz CT molecular complexity index is 816.